The Kier molecular flexibility index (Phi) is 11.6. The van der Waals surface area contributed by atoms with Gasteiger partial charge in [-0.3, -0.25) is 44.0 Å². The highest BCUT2D eigenvalue weighted by atomic mass is 16.5. The normalized spacial score (nSPS) is 15.2. The van der Waals surface area contributed by atoms with Gasteiger partial charge in [0.15, 0.2) is 6.61 Å². The van der Waals surface area contributed by atoms with Crippen molar-refractivity contribution in [3.8, 4) is 5.75 Å². The molecule has 1 unspecified atom stereocenters. The van der Waals surface area contributed by atoms with E-state index in [4.69, 9.17) is 10.5 Å². The molecule has 6 N–H and O–H groups in total. The maximum Gasteiger partial charge on any atom is 0.266 e. The Morgan fingerprint density at radius 3 is 2.38 bits per heavy atom. The number of nitrogens with zero attached hydrogens (tertiary/aromatic N) is 2. The minimum Gasteiger partial charge on any atom is -0.483 e. The molecule has 2 aliphatic rings. The monoisotopic (exact) mass is 719 g/mol. The van der Waals surface area contributed by atoms with Crippen molar-refractivity contribution in [1.82, 2.24) is 20.5 Å². The quantitative estimate of drug-likeness (QED) is 0.0768. The molecular weight excluding hydrogens is 678 g/mol. The van der Waals surface area contributed by atoms with Crippen molar-refractivity contribution >= 4 is 63.4 Å². The van der Waals surface area contributed by atoms with Crippen LogP contribution in [-0.4, -0.2) is 71.1 Å². The lowest BCUT2D eigenvalue weighted by atomic mass is 10.0. The number of amides is 6. The summed E-state index contributed by atoms with van der Waals surface area (Å²) in [5.41, 5.74) is 9.20. The summed E-state index contributed by atoms with van der Waals surface area (Å²) in [5.74, 6) is -3.30. The summed E-state index contributed by atoms with van der Waals surface area (Å²) in [5, 5.41) is 12.6. The number of aromatic nitrogens is 1. The van der Waals surface area contributed by atoms with Gasteiger partial charge in [-0.15, -0.1) is 0 Å². The van der Waals surface area contributed by atoms with Crippen LogP contribution in [0.3, 0.4) is 0 Å². The fraction of sp³-hybridized carbons (Fsp3) is 0.308. The third-order valence-electron chi connectivity index (χ3n) is 9.22. The van der Waals surface area contributed by atoms with Crippen LogP contribution in [0.5, 0.6) is 5.75 Å². The Bertz CT molecular complexity index is 2050. The molecule has 1 fully saturated rings. The van der Waals surface area contributed by atoms with Crippen LogP contribution in [0.1, 0.15) is 82.4 Å². The van der Waals surface area contributed by atoms with E-state index in [0.717, 1.165) is 72.2 Å². The number of unbranched alkanes of at least 4 members (excludes halogenated alkanes) is 5. The molecule has 0 aliphatic carbocycles. The van der Waals surface area contributed by atoms with E-state index in [9.17, 15) is 28.8 Å². The predicted octanol–water partition coefficient (Wildman–Crippen LogP) is 4.43. The number of pyridine rings is 1. The number of nitrogens with one attached hydrogen (secondary N) is 4. The van der Waals surface area contributed by atoms with Crippen LogP contribution in [-0.2, 0) is 14.4 Å². The van der Waals surface area contributed by atoms with Crippen molar-refractivity contribution < 1.29 is 33.5 Å². The summed E-state index contributed by atoms with van der Waals surface area (Å²) in [4.78, 5) is 80.0. The van der Waals surface area contributed by atoms with E-state index in [1.54, 1.807) is 6.07 Å². The lowest BCUT2D eigenvalue weighted by Crippen LogP contribution is -2.54. The molecule has 3 aromatic carbocycles. The van der Waals surface area contributed by atoms with Gasteiger partial charge in [0.25, 0.3) is 23.6 Å². The molecule has 2 aliphatic heterocycles. The molecule has 0 saturated carbocycles. The van der Waals surface area contributed by atoms with Gasteiger partial charge in [0, 0.05) is 42.5 Å². The number of hydrogen-bond donors (Lipinski definition) is 5. The Balaban J connectivity index is 0.880. The number of para-hydroxylation sites is 1. The summed E-state index contributed by atoms with van der Waals surface area (Å²) in [6, 6.07) is 18.9. The van der Waals surface area contributed by atoms with Gasteiger partial charge in [0.2, 0.25) is 11.8 Å². The van der Waals surface area contributed by atoms with E-state index >= 15 is 0 Å². The van der Waals surface area contributed by atoms with Crippen molar-refractivity contribution in [2.24, 2.45) is 5.73 Å². The average Bonchev–Trinajstić information content (AvgIpc) is 3.41. The van der Waals surface area contributed by atoms with E-state index in [2.05, 4.69) is 26.3 Å². The molecule has 0 radical (unpaired) electrons. The molecule has 6 amide bonds. The lowest BCUT2D eigenvalue weighted by Gasteiger charge is -2.27. The van der Waals surface area contributed by atoms with Crippen molar-refractivity contribution in [1.29, 1.82) is 0 Å². The van der Waals surface area contributed by atoms with Crippen molar-refractivity contribution in [3.05, 3.63) is 89.6 Å². The molecule has 53 heavy (non-hydrogen) atoms. The number of primary amides is 1. The summed E-state index contributed by atoms with van der Waals surface area (Å²) in [6.07, 6.45) is 7.41. The molecular formula is C39H41N7O7. The standard InChI is InChI=1S/C39H41N7O7/c40-36(49)28-22-43-29-16-15-25(21-27(29)35(28)44-24-11-6-5-7-12-24)41-19-8-3-1-2-4-9-20-42-33(48)23-53-31-14-10-13-26-34(31)39(52)46(38(26)51)30-17-18-32(47)45-37(30)50/h5-7,10-16,21-22,30,41H,1-4,8-9,17-20,23H2,(H2,40,49)(H,42,48)(H,43,44)(H,45,47,50). The van der Waals surface area contributed by atoms with Gasteiger partial charge in [-0.25, -0.2) is 0 Å². The van der Waals surface area contributed by atoms with Crippen LogP contribution in [0.4, 0.5) is 17.1 Å². The number of hydrogen-bond acceptors (Lipinski definition) is 10. The van der Waals surface area contributed by atoms with Gasteiger partial charge in [0.05, 0.1) is 27.9 Å². The number of fused-ring (bicyclic) bond motifs is 2. The molecule has 4 aromatic rings. The first-order chi connectivity index (χ1) is 25.7. The molecule has 3 heterocycles. The molecule has 14 heteroatoms. The van der Waals surface area contributed by atoms with Crippen LogP contribution in [0.15, 0.2) is 72.9 Å². The molecule has 14 nitrogen and oxygen atoms in total. The molecule has 1 atom stereocenters. The third-order valence-corrected chi connectivity index (χ3v) is 9.22. The first-order valence-corrected chi connectivity index (χ1v) is 17.7. The minimum atomic E-state index is -1.08. The zero-order valence-corrected chi connectivity index (χ0v) is 29.1. The topological polar surface area (TPSA) is 202 Å². The average molecular weight is 720 g/mol. The fourth-order valence-electron chi connectivity index (χ4n) is 6.51. The fourth-order valence-corrected chi connectivity index (χ4v) is 6.51. The molecule has 0 bridgehead atoms. The van der Waals surface area contributed by atoms with Crippen LogP contribution in [0.2, 0.25) is 0 Å². The Hall–Kier alpha value is -6.31. The lowest BCUT2D eigenvalue weighted by molar-refractivity contribution is -0.136. The van der Waals surface area contributed by atoms with E-state index in [1.165, 1.54) is 18.3 Å². The molecule has 6 rings (SSSR count). The van der Waals surface area contributed by atoms with Gasteiger partial charge in [-0.2, -0.15) is 0 Å². The van der Waals surface area contributed by atoms with Gasteiger partial charge < -0.3 is 26.4 Å². The van der Waals surface area contributed by atoms with Crippen LogP contribution in [0.25, 0.3) is 10.9 Å². The van der Waals surface area contributed by atoms with Crippen molar-refractivity contribution in [3.63, 3.8) is 0 Å². The number of rotatable bonds is 17. The zero-order chi connectivity index (χ0) is 37.3. The number of imide groups is 2. The van der Waals surface area contributed by atoms with Gasteiger partial charge >= 0.3 is 0 Å². The third kappa shape index (κ3) is 8.60. The number of benzene rings is 3. The zero-order valence-electron chi connectivity index (χ0n) is 29.1. The summed E-state index contributed by atoms with van der Waals surface area (Å²) in [6.45, 7) is 0.923. The van der Waals surface area contributed by atoms with Crippen LogP contribution < -0.4 is 31.7 Å². The predicted molar refractivity (Wildman–Crippen MR) is 198 cm³/mol. The number of nitrogens with two attached hydrogens (primary N) is 1. The van der Waals surface area contributed by atoms with E-state index in [1.807, 2.05) is 48.5 Å². The maximum atomic E-state index is 13.2. The number of anilines is 3. The highest BCUT2D eigenvalue weighted by molar-refractivity contribution is 6.24. The number of carbonyl (C=O) groups excluding carboxylic acids is 6. The smallest absolute Gasteiger partial charge is 0.266 e. The van der Waals surface area contributed by atoms with Gasteiger partial charge in [-0.05, 0) is 61.7 Å². The summed E-state index contributed by atoms with van der Waals surface area (Å²) < 4.78 is 5.64. The Morgan fingerprint density at radius 1 is 0.868 bits per heavy atom. The van der Waals surface area contributed by atoms with Gasteiger partial charge in [-0.1, -0.05) is 49.9 Å². The van der Waals surface area contributed by atoms with Gasteiger partial charge in [0.1, 0.15) is 11.8 Å². The molecule has 274 valence electrons. The van der Waals surface area contributed by atoms with Crippen LogP contribution >= 0.6 is 0 Å². The molecule has 1 aromatic heterocycles. The minimum absolute atomic E-state index is 0.00355. The Labute approximate surface area is 305 Å². The highest BCUT2D eigenvalue weighted by Gasteiger charge is 2.46. The Morgan fingerprint density at radius 2 is 1.62 bits per heavy atom. The highest BCUT2D eigenvalue weighted by Crippen LogP contribution is 2.34. The second-order valence-electron chi connectivity index (χ2n) is 12.9. The first-order valence-electron chi connectivity index (χ1n) is 17.7. The molecule has 0 spiro atoms. The van der Waals surface area contributed by atoms with E-state index < -0.39 is 35.6 Å². The summed E-state index contributed by atoms with van der Waals surface area (Å²) >= 11 is 0. The number of ether oxygens (including phenoxy) is 1. The second-order valence-corrected chi connectivity index (χ2v) is 12.9. The summed E-state index contributed by atoms with van der Waals surface area (Å²) in [7, 11) is 0. The second kappa shape index (κ2) is 16.8. The molecule has 1 saturated heterocycles. The number of piperidine rings is 1. The SMILES string of the molecule is NC(=O)c1cnc2ccc(NCCCCCCCCNC(=O)COc3cccc4c3C(=O)N(C3CCC(=O)NC3=O)C4=O)cc2c1Nc1ccccc1. The van der Waals surface area contributed by atoms with E-state index in [-0.39, 0.29) is 42.2 Å². The van der Waals surface area contributed by atoms with E-state index in [0.29, 0.717) is 17.8 Å². The van der Waals surface area contributed by atoms with Crippen LogP contribution in [0, 0.1) is 0 Å². The number of carbonyl (C=O) groups is 6. The van der Waals surface area contributed by atoms with Crippen molar-refractivity contribution in [2.45, 2.75) is 57.4 Å². The first kappa shape index (κ1) is 36.5. The van der Waals surface area contributed by atoms with Crippen molar-refractivity contribution in [2.75, 3.05) is 30.3 Å². The largest absolute Gasteiger partial charge is 0.483 e. The maximum absolute atomic E-state index is 13.2.